The van der Waals surface area contributed by atoms with E-state index in [9.17, 15) is 9.59 Å². The molecule has 1 unspecified atom stereocenters. The molecule has 11 heavy (non-hydrogen) atoms. The van der Waals surface area contributed by atoms with Crippen LogP contribution in [-0.2, 0) is 13.8 Å². The zero-order chi connectivity index (χ0) is 8.85. The molecule has 0 aliphatic rings. The Morgan fingerprint density at radius 1 is 1.82 bits per heavy atom. The monoisotopic (exact) mass is 196 g/mol. The molecular weight excluding hydrogens is 188 g/mol. The molecule has 0 saturated heterocycles. The molecule has 0 aliphatic carbocycles. The Kier molecular flexibility index (Phi) is 4.97. The van der Waals surface area contributed by atoms with Gasteiger partial charge in [0.25, 0.3) is 0 Å². The van der Waals surface area contributed by atoms with Gasteiger partial charge in [-0.25, -0.2) is 4.79 Å². The summed E-state index contributed by atoms with van der Waals surface area (Å²) in [6.45, 7) is 1.85. The standard InChI is InChI=1S/C5H8O4S2/c1-2-4(5(7)8)11(10)9-3-6/h3,10H,2H2,1H3,(H,7,8). The number of aliphatic carboxylic acids is 1. The zero-order valence-electron chi connectivity index (χ0n) is 5.81. The van der Waals surface area contributed by atoms with E-state index in [0.717, 1.165) is 0 Å². The minimum absolute atomic E-state index is 0.0976. The first kappa shape index (κ1) is 10.5. The molecule has 0 heterocycles. The summed E-state index contributed by atoms with van der Waals surface area (Å²) in [5, 5.41) is 8.50. The lowest BCUT2D eigenvalue weighted by atomic mass is 10.3. The van der Waals surface area contributed by atoms with Gasteiger partial charge in [-0.05, 0) is 6.42 Å². The number of carboxylic acid groups (broad SMARTS) is 1. The van der Waals surface area contributed by atoms with E-state index >= 15 is 0 Å². The normalized spacial score (nSPS) is 13.5. The van der Waals surface area contributed by atoms with E-state index in [4.69, 9.17) is 5.11 Å². The third kappa shape index (κ3) is 3.43. The van der Waals surface area contributed by atoms with Crippen LogP contribution in [0.1, 0.15) is 13.3 Å². The molecule has 64 valence electrons. The summed E-state index contributed by atoms with van der Waals surface area (Å²) >= 11 is 3.78. The molecule has 1 N–H and O–H groups in total. The largest absolute Gasteiger partial charge is 0.477 e. The van der Waals surface area contributed by atoms with Gasteiger partial charge in [-0.3, -0.25) is 4.79 Å². The number of thiol groups is 1. The Morgan fingerprint density at radius 2 is 2.36 bits per heavy atom. The maximum absolute atomic E-state index is 10.4. The van der Waals surface area contributed by atoms with Crippen LogP contribution in [0.4, 0.5) is 0 Å². The van der Waals surface area contributed by atoms with Crippen LogP contribution in [0.15, 0.2) is 0 Å². The summed E-state index contributed by atoms with van der Waals surface area (Å²) in [5.74, 6) is -1.08. The molecule has 1 atom stereocenters. The van der Waals surface area contributed by atoms with E-state index in [1.54, 1.807) is 6.92 Å². The van der Waals surface area contributed by atoms with Gasteiger partial charge >= 0.3 is 12.4 Å². The summed E-state index contributed by atoms with van der Waals surface area (Å²) in [6, 6.07) is 0. The van der Waals surface area contributed by atoms with Crippen molar-refractivity contribution < 1.29 is 18.9 Å². The van der Waals surface area contributed by atoms with Crippen molar-refractivity contribution in [3.63, 3.8) is 0 Å². The van der Waals surface area contributed by atoms with Crippen molar-refractivity contribution in [1.82, 2.24) is 0 Å². The minimum Gasteiger partial charge on any atom is -0.477 e. The SMILES string of the molecule is CC/C(C(=O)O)=S(\S)OC=O. The van der Waals surface area contributed by atoms with Crippen LogP contribution in [0.25, 0.3) is 0 Å². The highest BCUT2D eigenvalue weighted by Crippen LogP contribution is 2.21. The van der Waals surface area contributed by atoms with Gasteiger partial charge in [0.05, 0.1) is 9.80 Å². The van der Waals surface area contributed by atoms with Gasteiger partial charge in [-0.15, -0.1) is 0 Å². The second kappa shape index (κ2) is 5.20. The van der Waals surface area contributed by atoms with Crippen molar-refractivity contribution in [3.05, 3.63) is 0 Å². The highest BCUT2D eigenvalue weighted by Gasteiger charge is 2.09. The summed E-state index contributed by atoms with van der Waals surface area (Å²) in [4.78, 5) is 20.3. The van der Waals surface area contributed by atoms with E-state index in [0.29, 0.717) is 6.42 Å². The fourth-order valence-electron chi connectivity index (χ4n) is 0.445. The predicted molar refractivity (Wildman–Crippen MR) is 46.7 cm³/mol. The highest BCUT2D eigenvalue weighted by molar-refractivity contribution is 8.75. The predicted octanol–water partition coefficient (Wildman–Crippen LogP) is 0.855. The lowest BCUT2D eigenvalue weighted by molar-refractivity contribution is -0.129. The van der Waals surface area contributed by atoms with E-state index in [1.807, 2.05) is 0 Å². The smallest absolute Gasteiger partial charge is 0.341 e. The Bertz CT molecular complexity index is 199. The Balaban J connectivity index is 4.52. The molecule has 0 radical (unpaired) electrons. The van der Waals surface area contributed by atoms with E-state index < -0.39 is 15.8 Å². The molecule has 0 bridgehead atoms. The van der Waals surface area contributed by atoms with Gasteiger partial charge in [-0.2, -0.15) is 0 Å². The van der Waals surface area contributed by atoms with Gasteiger partial charge in [0, 0.05) is 0 Å². The van der Waals surface area contributed by atoms with Crippen LogP contribution < -0.4 is 0 Å². The molecule has 0 aromatic heterocycles. The maximum atomic E-state index is 10.4. The minimum atomic E-state index is -1.19. The number of carboxylic acids is 1. The van der Waals surface area contributed by atoms with Crippen LogP contribution in [0, 0.1) is 0 Å². The second-order valence-corrected chi connectivity index (χ2v) is 3.70. The van der Waals surface area contributed by atoms with Crippen LogP contribution >= 0.6 is 21.5 Å². The second-order valence-electron chi connectivity index (χ2n) is 1.52. The van der Waals surface area contributed by atoms with Crippen LogP contribution in [-0.4, -0.2) is 22.4 Å². The first-order valence-corrected chi connectivity index (χ1v) is 4.97. The quantitative estimate of drug-likeness (QED) is 0.303. The molecule has 6 heteroatoms. The van der Waals surface area contributed by atoms with Crippen molar-refractivity contribution in [2.75, 3.05) is 0 Å². The number of hydrogen-bond acceptors (Lipinski definition) is 4. The van der Waals surface area contributed by atoms with Crippen LogP contribution in [0.5, 0.6) is 0 Å². The Labute approximate surface area is 71.5 Å². The summed E-state index contributed by atoms with van der Waals surface area (Å²) < 4.78 is 4.35. The molecule has 0 amide bonds. The Morgan fingerprint density at radius 3 is 2.64 bits per heavy atom. The first-order valence-electron chi connectivity index (χ1n) is 2.76. The Hall–Kier alpha value is -0.490. The van der Waals surface area contributed by atoms with Crippen LogP contribution in [0.3, 0.4) is 0 Å². The molecule has 4 nitrogen and oxygen atoms in total. The van der Waals surface area contributed by atoms with Crippen molar-refractivity contribution in [2.45, 2.75) is 13.3 Å². The number of rotatable bonds is 4. The summed E-state index contributed by atoms with van der Waals surface area (Å²) in [5.41, 5.74) is 0. The van der Waals surface area contributed by atoms with E-state index in [1.165, 1.54) is 0 Å². The summed E-state index contributed by atoms with van der Waals surface area (Å²) in [7, 11) is -1.19. The van der Waals surface area contributed by atoms with Gasteiger partial charge < -0.3 is 9.29 Å². The van der Waals surface area contributed by atoms with Crippen molar-refractivity contribution in [3.8, 4) is 0 Å². The number of carbonyl (C=O) groups is 2. The topological polar surface area (TPSA) is 63.6 Å². The third-order valence-electron chi connectivity index (χ3n) is 0.901. The van der Waals surface area contributed by atoms with Gasteiger partial charge in [0.15, 0.2) is 0 Å². The van der Waals surface area contributed by atoms with Gasteiger partial charge in [0.1, 0.15) is 4.86 Å². The third-order valence-corrected chi connectivity index (χ3v) is 2.97. The van der Waals surface area contributed by atoms with Crippen molar-refractivity contribution >= 4 is 38.8 Å². The zero-order valence-corrected chi connectivity index (χ0v) is 7.52. The van der Waals surface area contributed by atoms with Crippen molar-refractivity contribution in [2.24, 2.45) is 0 Å². The average molecular weight is 196 g/mol. The van der Waals surface area contributed by atoms with Crippen LogP contribution in [0.2, 0.25) is 0 Å². The highest BCUT2D eigenvalue weighted by atomic mass is 33.1. The molecule has 0 spiro atoms. The number of carbonyl (C=O) groups excluding carboxylic acids is 1. The first-order chi connectivity index (χ1) is 5.13. The van der Waals surface area contributed by atoms with Crippen molar-refractivity contribution in [1.29, 1.82) is 0 Å². The lowest BCUT2D eigenvalue weighted by Crippen LogP contribution is -2.11. The molecular formula is C5H8O4S2. The van der Waals surface area contributed by atoms with Gasteiger partial charge in [-0.1, -0.05) is 18.6 Å². The molecule has 0 aromatic rings. The van der Waals surface area contributed by atoms with E-state index in [2.05, 4.69) is 15.8 Å². The molecule has 0 aliphatic heterocycles. The molecule has 0 aromatic carbocycles. The van der Waals surface area contributed by atoms with Gasteiger partial charge in [0.2, 0.25) is 0 Å². The number of hydrogen-bond donors (Lipinski definition) is 2. The fourth-order valence-corrected chi connectivity index (χ4v) is 1.76. The summed E-state index contributed by atoms with van der Waals surface area (Å²) in [6.07, 6.45) is 0.315. The lowest BCUT2D eigenvalue weighted by Gasteiger charge is -2.01. The molecule has 0 fully saturated rings. The fraction of sp³-hybridized carbons (Fsp3) is 0.400. The molecule has 0 saturated carbocycles. The van der Waals surface area contributed by atoms with E-state index in [-0.39, 0.29) is 11.3 Å². The molecule has 0 rings (SSSR count). The maximum Gasteiger partial charge on any atom is 0.341 e. The average Bonchev–Trinajstić information content (AvgIpc) is 1.88.